The van der Waals surface area contributed by atoms with E-state index in [1.54, 1.807) is 0 Å². The number of anilines is 1. The molecule has 6 nitrogen and oxygen atoms in total. The smallest absolute Gasteiger partial charge is 0.278 e. The molecule has 2 amide bonds. The molecule has 2 aliphatic heterocycles. The van der Waals surface area contributed by atoms with Crippen LogP contribution < -0.4 is 9.64 Å². The number of carbonyl (C=O) groups excluding carboxylic acids is 2. The molecule has 0 saturated carbocycles. The summed E-state index contributed by atoms with van der Waals surface area (Å²) in [5.41, 5.74) is 4.20. The van der Waals surface area contributed by atoms with Crippen LogP contribution in [0.1, 0.15) is 31.9 Å². The minimum absolute atomic E-state index is 0.196. The number of ether oxygens (including phenoxy) is 1. The lowest BCUT2D eigenvalue weighted by Crippen LogP contribution is -2.48. The average Bonchev–Trinajstić information content (AvgIpc) is 3.05. The fourth-order valence-electron chi connectivity index (χ4n) is 4.45. The summed E-state index contributed by atoms with van der Waals surface area (Å²) < 4.78 is 5.54. The molecular weight excluding hydrogens is 402 g/mol. The Hall–Kier alpha value is -3.28. The number of nitrogens with zero attached hydrogens (tertiary/aromatic N) is 3. The van der Waals surface area contributed by atoms with Crippen LogP contribution in [0.5, 0.6) is 5.75 Å². The fraction of sp³-hybridized carbons (Fsp3) is 0.385. The fourth-order valence-corrected chi connectivity index (χ4v) is 4.45. The second-order valence-electron chi connectivity index (χ2n) is 8.57. The molecule has 4 rings (SSSR count). The van der Waals surface area contributed by atoms with Crippen LogP contribution in [0.4, 0.5) is 5.69 Å². The van der Waals surface area contributed by atoms with Crippen LogP contribution in [-0.2, 0) is 9.59 Å². The van der Waals surface area contributed by atoms with Crippen molar-refractivity contribution in [1.29, 1.82) is 0 Å². The van der Waals surface area contributed by atoms with Crippen molar-refractivity contribution in [3.8, 4) is 5.75 Å². The molecule has 0 aromatic heterocycles. The van der Waals surface area contributed by atoms with Gasteiger partial charge < -0.3 is 14.5 Å². The highest BCUT2D eigenvalue weighted by atomic mass is 16.5. The van der Waals surface area contributed by atoms with E-state index < -0.39 is 0 Å². The van der Waals surface area contributed by atoms with Gasteiger partial charge in [-0.2, -0.15) is 0 Å². The van der Waals surface area contributed by atoms with Crippen LogP contribution in [-0.4, -0.2) is 60.4 Å². The van der Waals surface area contributed by atoms with Crippen LogP contribution in [0.3, 0.4) is 0 Å². The van der Waals surface area contributed by atoms with E-state index in [2.05, 4.69) is 41.0 Å². The number of amides is 2. The Morgan fingerprint density at radius 2 is 1.56 bits per heavy atom. The lowest BCUT2D eigenvalue weighted by molar-refractivity contribution is -0.139. The summed E-state index contributed by atoms with van der Waals surface area (Å²) in [5, 5.41) is 0. The average molecular weight is 434 g/mol. The van der Waals surface area contributed by atoms with Crippen LogP contribution in [0, 0.1) is 6.92 Å². The first-order valence-electron chi connectivity index (χ1n) is 11.3. The van der Waals surface area contributed by atoms with Gasteiger partial charge in [0.25, 0.3) is 11.8 Å². The number of piperazine rings is 1. The highest BCUT2D eigenvalue weighted by molar-refractivity contribution is 6.35. The maximum absolute atomic E-state index is 13.4. The van der Waals surface area contributed by atoms with Crippen LogP contribution in [0.2, 0.25) is 0 Å². The molecule has 0 aliphatic carbocycles. The molecule has 0 N–H and O–H groups in total. The van der Waals surface area contributed by atoms with E-state index in [4.69, 9.17) is 4.74 Å². The number of benzene rings is 2. The van der Waals surface area contributed by atoms with Crippen molar-refractivity contribution in [1.82, 2.24) is 9.80 Å². The zero-order chi connectivity index (χ0) is 22.8. The first-order chi connectivity index (χ1) is 15.4. The van der Waals surface area contributed by atoms with Gasteiger partial charge in [0.1, 0.15) is 11.4 Å². The molecule has 168 valence electrons. The van der Waals surface area contributed by atoms with E-state index in [-0.39, 0.29) is 17.9 Å². The van der Waals surface area contributed by atoms with Crippen molar-refractivity contribution in [2.45, 2.75) is 33.7 Å². The summed E-state index contributed by atoms with van der Waals surface area (Å²) in [7, 11) is 0. The highest BCUT2D eigenvalue weighted by Crippen LogP contribution is 2.34. The minimum Gasteiger partial charge on any atom is -0.494 e. The predicted molar refractivity (Wildman–Crippen MR) is 126 cm³/mol. The number of rotatable bonds is 6. The number of hydrogen-bond donors (Lipinski definition) is 0. The Balaban J connectivity index is 1.63. The van der Waals surface area contributed by atoms with Gasteiger partial charge in [0.05, 0.1) is 12.2 Å². The first kappa shape index (κ1) is 21.9. The van der Waals surface area contributed by atoms with Crippen molar-refractivity contribution in [3.63, 3.8) is 0 Å². The number of aryl methyl sites for hydroxylation is 1. The van der Waals surface area contributed by atoms with Crippen LogP contribution >= 0.6 is 0 Å². The summed E-state index contributed by atoms with van der Waals surface area (Å²) >= 11 is 0. The van der Waals surface area contributed by atoms with Gasteiger partial charge in [-0.3, -0.25) is 14.5 Å². The van der Waals surface area contributed by atoms with Crippen molar-refractivity contribution >= 4 is 23.1 Å². The lowest BCUT2D eigenvalue weighted by Gasteiger charge is -2.38. The van der Waals surface area contributed by atoms with Crippen LogP contribution in [0.25, 0.3) is 5.57 Å². The molecule has 1 saturated heterocycles. The molecular formula is C26H31N3O3. The normalized spacial score (nSPS) is 17.1. The molecule has 0 bridgehead atoms. The molecule has 2 aliphatic rings. The molecule has 0 unspecified atom stereocenters. The van der Waals surface area contributed by atoms with Gasteiger partial charge in [-0.15, -0.1) is 0 Å². The van der Waals surface area contributed by atoms with Gasteiger partial charge in [-0.1, -0.05) is 24.3 Å². The third-order valence-electron chi connectivity index (χ3n) is 6.02. The van der Waals surface area contributed by atoms with Gasteiger partial charge >= 0.3 is 0 Å². The van der Waals surface area contributed by atoms with Gasteiger partial charge in [-0.05, 0) is 63.1 Å². The Morgan fingerprint density at radius 3 is 2.16 bits per heavy atom. The lowest BCUT2D eigenvalue weighted by atomic mass is 10.0. The maximum Gasteiger partial charge on any atom is 0.278 e. The van der Waals surface area contributed by atoms with Crippen molar-refractivity contribution in [3.05, 3.63) is 65.4 Å². The van der Waals surface area contributed by atoms with Crippen molar-refractivity contribution < 1.29 is 14.3 Å². The van der Waals surface area contributed by atoms with Crippen molar-refractivity contribution in [2.24, 2.45) is 0 Å². The molecule has 2 aromatic carbocycles. The van der Waals surface area contributed by atoms with E-state index in [0.29, 0.717) is 31.0 Å². The van der Waals surface area contributed by atoms with E-state index >= 15 is 0 Å². The second-order valence-corrected chi connectivity index (χ2v) is 8.57. The number of carbonyl (C=O) groups is 2. The summed E-state index contributed by atoms with van der Waals surface area (Å²) in [6.45, 7) is 11.3. The summed E-state index contributed by atoms with van der Waals surface area (Å²) in [6.07, 6.45) is 0. The van der Waals surface area contributed by atoms with E-state index in [9.17, 15) is 9.59 Å². The summed E-state index contributed by atoms with van der Waals surface area (Å²) in [5.74, 6) is 0.339. The molecule has 0 atom stereocenters. The standard InChI is InChI=1S/C26H31N3O3/c1-5-32-22-11-9-20(10-12-22)23-24(26(31)29(18(2)3)25(23)30)28-15-13-27(14-16-28)21-8-6-7-19(4)17-21/h6-12,17-18H,5,13-16H2,1-4H3. The number of imide groups is 1. The molecule has 0 spiro atoms. The maximum atomic E-state index is 13.4. The Morgan fingerprint density at radius 1 is 0.906 bits per heavy atom. The Bertz CT molecular complexity index is 1030. The number of hydrogen-bond acceptors (Lipinski definition) is 5. The van der Waals surface area contributed by atoms with Crippen LogP contribution in [0.15, 0.2) is 54.2 Å². The largest absolute Gasteiger partial charge is 0.494 e. The van der Waals surface area contributed by atoms with Gasteiger partial charge in [-0.25, -0.2) is 0 Å². The zero-order valence-corrected chi connectivity index (χ0v) is 19.3. The summed E-state index contributed by atoms with van der Waals surface area (Å²) in [6, 6.07) is 15.7. The van der Waals surface area contributed by atoms with E-state index in [0.717, 1.165) is 24.4 Å². The van der Waals surface area contributed by atoms with Gasteiger partial charge in [0.2, 0.25) is 0 Å². The molecule has 6 heteroatoms. The minimum atomic E-state index is -0.217. The SMILES string of the molecule is CCOc1ccc(C2=C(N3CCN(c4cccc(C)c4)CC3)C(=O)N(C(C)C)C2=O)cc1. The molecule has 2 heterocycles. The third kappa shape index (κ3) is 4.09. The van der Waals surface area contributed by atoms with Gasteiger partial charge in [0.15, 0.2) is 0 Å². The van der Waals surface area contributed by atoms with E-state index in [1.807, 2.05) is 45.0 Å². The first-order valence-corrected chi connectivity index (χ1v) is 11.3. The van der Waals surface area contributed by atoms with E-state index in [1.165, 1.54) is 16.2 Å². The third-order valence-corrected chi connectivity index (χ3v) is 6.02. The molecule has 1 fully saturated rings. The topological polar surface area (TPSA) is 53.1 Å². The second kappa shape index (κ2) is 9.07. The highest BCUT2D eigenvalue weighted by Gasteiger charge is 2.43. The Kier molecular flexibility index (Phi) is 6.21. The Labute approximate surface area is 190 Å². The zero-order valence-electron chi connectivity index (χ0n) is 19.3. The predicted octanol–water partition coefficient (Wildman–Crippen LogP) is 3.70. The van der Waals surface area contributed by atoms with Gasteiger partial charge in [0, 0.05) is 37.9 Å². The molecule has 32 heavy (non-hydrogen) atoms. The molecule has 0 radical (unpaired) electrons. The van der Waals surface area contributed by atoms with Crippen molar-refractivity contribution in [2.75, 3.05) is 37.7 Å². The monoisotopic (exact) mass is 433 g/mol. The summed E-state index contributed by atoms with van der Waals surface area (Å²) in [4.78, 5) is 32.5. The quantitative estimate of drug-likeness (QED) is 0.650. The molecule has 2 aromatic rings.